The first-order chi connectivity index (χ1) is 18.4. The number of esters is 1. The molecule has 0 aliphatic heterocycles. The Kier molecular flexibility index (Phi) is 9.78. The number of carbonyl (C=O) groups excluding carboxylic acids is 2. The van der Waals surface area contributed by atoms with E-state index >= 15 is 0 Å². The van der Waals surface area contributed by atoms with E-state index in [0.29, 0.717) is 31.3 Å². The van der Waals surface area contributed by atoms with E-state index in [1.165, 1.54) is 0 Å². The Morgan fingerprint density at radius 3 is 2.46 bits per heavy atom. The molecular weight excluding hydrogens is 833 g/mol. The van der Waals surface area contributed by atoms with Crippen molar-refractivity contribution in [1.82, 2.24) is 15.0 Å². The second-order valence-electron chi connectivity index (χ2n) is 10.1. The summed E-state index contributed by atoms with van der Waals surface area (Å²) < 4.78 is 9.31. The molecule has 1 aromatic heterocycles. The van der Waals surface area contributed by atoms with E-state index in [1.54, 1.807) is 34.7 Å². The number of rotatable bonds is 8. The molecule has 0 saturated heterocycles. The van der Waals surface area contributed by atoms with Gasteiger partial charge in [0.2, 0.25) is 3.79 Å². The van der Waals surface area contributed by atoms with Crippen LogP contribution in [0.1, 0.15) is 55.1 Å². The average molecular weight is 861 g/mol. The maximum absolute atomic E-state index is 13.3. The number of benzene rings is 2. The molecule has 10 heteroatoms. The minimum atomic E-state index is -0.602. The number of fused-ring (bicyclic) bond motifs is 1. The normalized spacial score (nSPS) is 15.9. The van der Waals surface area contributed by atoms with Gasteiger partial charge >= 0.3 is 202 Å². The molecule has 204 valence electrons. The van der Waals surface area contributed by atoms with E-state index in [9.17, 15) is 9.59 Å². The van der Waals surface area contributed by atoms with Crippen molar-refractivity contribution in [3.05, 3.63) is 87.0 Å². The monoisotopic (exact) mass is 861 g/mol. The molecule has 0 bridgehead atoms. The van der Waals surface area contributed by atoms with Crippen molar-refractivity contribution in [2.24, 2.45) is 5.92 Å². The average Bonchev–Trinajstić information content (AvgIpc) is 3.10. The second kappa shape index (κ2) is 12.7. The molecule has 7 nitrogen and oxygen atoms in total. The maximum atomic E-state index is 13.3. The number of ether oxygens (including phenoxy) is 1. The van der Waals surface area contributed by atoms with Gasteiger partial charge in [-0.3, -0.25) is 4.79 Å². The summed E-state index contributed by atoms with van der Waals surface area (Å²) in [4.78, 5) is 24.9. The standard InChI is InChI=1S/C29H28I3N4O3/c1-17(32-28(31)33)19-9-12-22(23(13-10-19)27(38)39-29(2,3)4)20-7-5-18(6-8-20)16-36-25-14-11-21(26(30)37)15-24(25)34-35-36/h5-8,11-15,19,33H,1,9-10,16H2,2-4H3/q-1. The van der Waals surface area contributed by atoms with Crippen LogP contribution in [0.2, 0.25) is 0 Å². The fourth-order valence-corrected chi connectivity index (χ4v) is 7.90. The van der Waals surface area contributed by atoms with E-state index in [4.69, 9.17) is 10.1 Å². The number of nitrogens with zero attached hydrogens (tertiary/aromatic N) is 3. The molecule has 0 saturated carbocycles. The zero-order valence-corrected chi connectivity index (χ0v) is 28.3. The molecule has 1 heterocycles. The Labute approximate surface area is 265 Å². The van der Waals surface area contributed by atoms with Gasteiger partial charge in [-0.05, 0) is 18.2 Å². The fraction of sp³-hybridized carbons (Fsp3) is 0.276. The number of nitrogens with one attached hydrogen (secondary N) is 1. The quantitative estimate of drug-likeness (QED) is 0.160. The summed E-state index contributed by atoms with van der Waals surface area (Å²) in [5.74, 6) is -0.135. The summed E-state index contributed by atoms with van der Waals surface area (Å²) in [7, 11) is 0. The molecule has 4 rings (SSSR count). The Morgan fingerprint density at radius 2 is 1.82 bits per heavy atom. The second-order valence-corrected chi connectivity index (χ2v) is 17.3. The summed E-state index contributed by atoms with van der Waals surface area (Å²) in [6, 6.07) is 13.5. The van der Waals surface area contributed by atoms with Crippen LogP contribution in [0.5, 0.6) is 0 Å². The van der Waals surface area contributed by atoms with Gasteiger partial charge < -0.3 is 0 Å². The first kappa shape index (κ1) is 30.0. The molecule has 0 spiro atoms. The third-order valence-electron chi connectivity index (χ3n) is 6.11. The van der Waals surface area contributed by atoms with E-state index in [-0.39, 0.29) is 15.7 Å². The van der Waals surface area contributed by atoms with Gasteiger partial charge in [0.25, 0.3) is 0 Å². The van der Waals surface area contributed by atoms with Gasteiger partial charge in [0.15, 0.2) is 0 Å². The Hall–Kier alpha value is -1.94. The Morgan fingerprint density at radius 1 is 1.13 bits per heavy atom. The van der Waals surface area contributed by atoms with E-state index in [2.05, 4.69) is 45.6 Å². The van der Waals surface area contributed by atoms with Gasteiger partial charge in [0.05, 0.1) is 0 Å². The van der Waals surface area contributed by atoms with Gasteiger partial charge in [0.1, 0.15) is 5.52 Å². The first-order valence-corrected chi connectivity index (χ1v) is 16.6. The summed E-state index contributed by atoms with van der Waals surface area (Å²) in [5.41, 5.74) is 4.94. The zero-order valence-electron chi connectivity index (χ0n) is 21.8. The number of hydrogen-bond donors (Lipinski definition) is 1. The van der Waals surface area contributed by atoms with Crippen LogP contribution in [0.3, 0.4) is 0 Å². The van der Waals surface area contributed by atoms with Crippen molar-refractivity contribution < 1.29 is 35.5 Å². The van der Waals surface area contributed by atoms with Gasteiger partial charge in [-0.25, -0.2) is 0 Å². The summed E-state index contributed by atoms with van der Waals surface area (Å²) in [6.07, 6.45) is 5.55. The molecule has 39 heavy (non-hydrogen) atoms. The van der Waals surface area contributed by atoms with Crippen LogP contribution in [0.4, 0.5) is 0 Å². The van der Waals surface area contributed by atoms with Crippen molar-refractivity contribution in [2.45, 2.75) is 45.8 Å². The van der Waals surface area contributed by atoms with Crippen LogP contribution in [-0.4, -0.2) is 32.1 Å². The number of hydrogen-bond acceptors (Lipinski definition) is 6. The predicted octanol–water partition coefficient (Wildman–Crippen LogP) is 4.09. The molecule has 2 aromatic carbocycles. The number of allylic oxidation sites excluding steroid dienone is 3. The van der Waals surface area contributed by atoms with Crippen molar-refractivity contribution in [1.29, 1.82) is 5.41 Å². The number of carbonyl (C=O) groups is 2. The summed E-state index contributed by atoms with van der Waals surface area (Å²) in [5, 5.41) is 16.4. The third-order valence-corrected chi connectivity index (χ3v) is 10.1. The molecule has 3 aromatic rings. The number of aromatic nitrogens is 3. The van der Waals surface area contributed by atoms with Gasteiger partial charge in [-0.15, -0.1) is 5.10 Å². The molecule has 0 fully saturated rings. The third kappa shape index (κ3) is 7.84. The molecule has 1 aliphatic carbocycles. The summed E-state index contributed by atoms with van der Waals surface area (Å²) in [6.45, 7) is 10.4. The molecule has 1 unspecified atom stereocenters. The fourth-order valence-electron chi connectivity index (χ4n) is 4.25. The van der Waals surface area contributed by atoms with Crippen LogP contribution < -0.4 is 21.2 Å². The van der Waals surface area contributed by atoms with Crippen LogP contribution in [0.25, 0.3) is 16.6 Å². The molecule has 1 aliphatic rings. The minimum absolute atomic E-state index is 0.0333. The molecule has 1 N–H and O–H groups in total. The van der Waals surface area contributed by atoms with Crippen LogP contribution in [-0.2, 0) is 16.1 Å². The van der Waals surface area contributed by atoms with Crippen molar-refractivity contribution in [3.8, 4) is 0 Å². The van der Waals surface area contributed by atoms with Crippen molar-refractivity contribution in [2.75, 3.05) is 0 Å². The van der Waals surface area contributed by atoms with Crippen molar-refractivity contribution >= 4 is 73.3 Å². The number of halogens is 3. The zero-order chi connectivity index (χ0) is 28.3. The van der Waals surface area contributed by atoms with Gasteiger partial charge in [-0.2, -0.15) is 0 Å². The van der Waals surface area contributed by atoms with Crippen molar-refractivity contribution in [3.63, 3.8) is 0 Å². The Bertz CT molecular complexity index is 1510. The van der Waals surface area contributed by atoms with Gasteiger partial charge in [0, 0.05) is 28.2 Å². The van der Waals surface area contributed by atoms with E-state index < -0.39 is 26.8 Å². The van der Waals surface area contributed by atoms with Gasteiger partial charge in [-0.1, -0.05) is 0 Å². The molecule has 0 amide bonds. The molecular formula is C29H28I3N4O3-. The van der Waals surface area contributed by atoms with E-state index in [1.807, 2.05) is 61.9 Å². The van der Waals surface area contributed by atoms with Crippen LogP contribution in [0.15, 0.2) is 70.3 Å². The Balaban J connectivity index is 1.60. The first-order valence-electron chi connectivity index (χ1n) is 12.3. The molecule has 1 atom stereocenters. The molecule has 0 radical (unpaired) electrons. The summed E-state index contributed by atoms with van der Waals surface area (Å²) >= 11 is 3.30. The topological polar surface area (TPSA) is 97.9 Å². The predicted molar refractivity (Wildman–Crippen MR) is 167 cm³/mol. The van der Waals surface area contributed by atoms with Crippen LogP contribution >= 0.6 is 45.2 Å². The van der Waals surface area contributed by atoms with E-state index in [0.717, 1.165) is 32.2 Å². The SMILES string of the molecule is C=C([I-]C(=N)I)C1CC=C(C(=O)OC(C)(C)C)C(c2ccc(Cn3nnc4cc(C(=O)I)ccc43)cc2)=CC1. The van der Waals surface area contributed by atoms with Crippen LogP contribution in [0, 0.1) is 11.3 Å².